The van der Waals surface area contributed by atoms with Crippen molar-refractivity contribution in [3.8, 4) is 17.9 Å². The van der Waals surface area contributed by atoms with Gasteiger partial charge in [-0.1, -0.05) is 12.1 Å². The lowest BCUT2D eigenvalue weighted by Crippen LogP contribution is -1.96. The molecule has 0 unspecified atom stereocenters. The number of nitrogens with zero attached hydrogens (tertiary/aromatic N) is 2. The Bertz CT molecular complexity index is 617. The number of anilines is 1. The van der Waals surface area contributed by atoms with Gasteiger partial charge in [0.2, 0.25) is 0 Å². The fourth-order valence-electron chi connectivity index (χ4n) is 1.53. The Morgan fingerprint density at radius 2 is 2.22 bits per heavy atom. The molecule has 0 aliphatic carbocycles. The second kappa shape index (κ2) is 4.94. The van der Waals surface area contributed by atoms with Gasteiger partial charge in [0.1, 0.15) is 23.6 Å². The summed E-state index contributed by atoms with van der Waals surface area (Å²) in [6, 6.07) is 9.25. The zero-order valence-corrected chi connectivity index (χ0v) is 9.47. The summed E-state index contributed by atoms with van der Waals surface area (Å²) in [5.74, 6) is 0.771. The fraction of sp³-hybridized carbons (Fsp3) is 0.0769. The smallest absolute Gasteiger partial charge is 0.159 e. The molecule has 1 aliphatic rings. The number of hydrogen-bond donors (Lipinski definition) is 2. The van der Waals surface area contributed by atoms with E-state index in [0.717, 1.165) is 17.0 Å². The largest absolute Gasteiger partial charge is 0.471 e. The maximum absolute atomic E-state index is 8.84. The lowest BCUT2D eigenvalue weighted by molar-refractivity contribution is 0.372. The predicted octanol–water partition coefficient (Wildman–Crippen LogP) is 1.72. The van der Waals surface area contributed by atoms with Crippen LogP contribution in [-0.4, -0.2) is 6.73 Å². The van der Waals surface area contributed by atoms with E-state index in [9.17, 15) is 0 Å². The van der Waals surface area contributed by atoms with E-state index in [-0.39, 0.29) is 11.3 Å². The van der Waals surface area contributed by atoms with Gasteiger partial charge in [-0.2, -0.15) is 10.5 Å². The molecule has 0 saturated carbocycles. The molecule has 3 N–H and O–H groups in total. The van der Waals surface area contributed by atoms with Crippen LogP contribution in [-0.2, 0) is 0 Å². The van der Waals surface area contributed by atoms with Gasteiger partial charge < -0.3 is 15.8 Å². The van der Waals surface area contributed by atoms with Crippen LogP contribution in [0.15, 0.2) is 35.5 Å². The van der Waals surface area contributed by atoms with Crippen molar-refractivity contribution in [3.05, 3.63) is 41.1 Å². The standard InChI is InChI=1S/C13H10N4O/c14-6-10(11(16)7-15)3-1-9-2-4-12-13(5-9)18-8-17-12/h1-5,17H,8,16H2. The molecule has 0 amide bonds. The fourth-order valence-corrected chi connectivity index (χ4v) is 1.53. The monoisotopic (exact) mass is 238 g/mol. The summed E-state index contributed by atoms with van der Waals surface area (Å²) in [5.41, 5.74) is 7.27. The summed E-state index contributed by atoms with van der Waals surface area (Å²) < 4.78 is 5.34. The van der Waals surface area contributed by atoms with Gasteiger partial charge in [-0.25, -0.2) is 0 Å². The van der Waals surface area contributed by atoms with Crippen LogP contribution in [0.1, 0.15) is 5.56 Å². The summed E-state index contributed by atoms with van der Waals surface area (Å²) in [5, 5.41) is 20.5. The zero-order chi connectivity index (χ0) is 13.0. The van der Waals surface area contributed by atoms with Crippen molar-refractivity contribution in [2.24, 2.45) is 5.73 Å². The van der Waals surface area contributed by atoms with Crippen LogP contribution in [0.5, 0.6) is 5.75 Å². The van der Waals surface area contributed by atoms with Crippen molar-refractivity contribution in [1.29, 1.82) is 10.5 Å². The summed E-state index contributed by atoms with van der Waals surface area (Å²) in [7, 11) is 0. The molecule has 2 rings (SSSR count). The van der Waals surface area contributed by atoms with Gasteiger partial charge in [0.05, 0.1) is 11.3 Å². The first-order chi connectivity index (χ1) is 8.74. The zero-order valence-electron chi connectivity index (χ0n) is 9.47. The summed E-state index contributed by atoms with van der Waals surface area (Å²) in [4.78, 5) is 0. The summed E-state index contributed by atoms with van der Waals surface area (Å²) >= 11 is 0. The highest BCUT2D eigenvalue weighted by atomic mass is 16.5. The number of fused-ring (bicyclic) bond motifs is 1. The normalized spacial score (nSPS) is 13.9. The highest BCUT2D eigenvalue weighted by molar-refractivity contribution is 5.66. The Labute approximate surface area is 104 Å². The number of benzene rings is 1. The SMILES string of the molecule is N#CC(N)=C(C#N)C=Cc1ccc2c(c1)OCN2. The van der Waals surface area contributed by atoms with Gasteiger partial charge in [-0.05, 0) is 23.8 Å². The third kappa shape index (κ3) is 2.26. The van der Waals surface area contributed by atoms with Crippen molar-refractivity contribution in [1.82, 2.24) is 0 Å². The number of ether oxygens (including phenoxy) is 1. The lowest BCUT2D eigenvalue weighted by atomic mass is 10.1. The van der Waals surface area contributed by atoms with Crippen LogP contribution < -0.4 is 15.8 Å². The van der Waals surface area contributed by atoms with E-state index in [0.29, 0.717) is 6.73 Å². The molecular weight excluding hydrogens is 228 g/mol. The van der Waals surface area contributed by atoms with Gasteiger partial charge >= 0.3 is 0 Å². The Morgan fingerprint density at radius 3 is 2.94 bits per heavy atom. The minimum absolute atomic E-state index is 0.0900. The van der Waals surface area contributed by atoms with Crippen molar-refractivity contribution in [3.63, 3.8) is 0 Å². The number of nitrogens with two attached hydrogens (primary N) is 1. The summed E-state index contributed by atoms with van der Waals surface area (Å²) in [6.07, 6.45) is 3.23. The topological polar surface area (TPSA) is 94.9 Å². The van der Waals surface area contributed by atoms with E-state index < -0.39 is 0 Å². The van der Waals surface area contributed by atoms with E-state index in [1.54, 1.807) is 12.1 Å². The van der Waals surface area contributed by atoms with Crippen LogP contribution in [0.2, 0.25) is 0 Å². The summed E-state index contributed by atoms with van der Waals surface area (Å²) in [6.45, 7) is 0.466. The Kier molecular flexibility index (Phi) is 3.17. The van der Waals surface area contributed by atoms with E-state index in [2.05, 4.69) is 5.32 Å². The highest BCUT2D eigenvalue weighted by Gasteiger charge is 2.09. The lowest BCUT2D eigenvalue weighted by Gasteiger charge is -1.98. The molecular formula is C13H10N4O. The van der Waals surface area contributed by atoms with Crippen molar-refractivity contribution < 1.29 is 4.74 Å². The van der Waals surface area contributed by atoms with E-state index in [1.807, 2.05) is 24.3 Å². The molecule has 0 radical (unpaired) electrons. The Hall–Kier alpha value is -2.92. The number of hydrogen-bond acceptors (Lipinski definition) is 5. The maximum atomic E-state index is 8.84. The molecule has 0 saturated heterocycles. The quantitative estimate of drug-likeness (QED) is 0.604. The first-order valence-corrected chi connectivity index (χ1v) is 5.23. The van der Waals surface area contributed by atoms with Crippen LogP contribution in [0.25, 0.3) is 6.08 Å². The average Bonchev–Trinajstić information content (AvgIpc) is 2.86. The van der Waals surface area contributed by atoms with Crippen LogP contribution in [0.4, 0.5) is 5.69 Å². The van der Waals surface area contributed by atoms with Crippen LogP contribution >= 0.6 is 0 Å². The van der Waals surface area contributed by atoms with Gasteiger partial charge in [0, 0.05) is 0 Å². The second-order valence-electron chi connectivity index (χ2n) is 3.61. The Balaban J connectivity index is 2.25. The van der Waals surface area contributed by atoms with Gasteiger partial charge in [-0.15, -0.1) is 0 Å². The number of nitrogens with one attached hydrogen (secondary N) is 1. The molecule has 0 atom stereocenters. The van der Waals surface area contributed by atoms with Crippen LogP contribution in [0.3, 0.4) is 0 Å². The van der Waals surface area contributed by atoms with Gasteiger partial charge in [0.25, 0.3) is 0 Å². The highest BCUT2D eigenvalue weighted by Crippen LogP contribution is 2.30. The predicted molar refractivity (Wildman–Crippen MR) is 67.0 cm³/mol. The number of nitriles is 2. The van der Waals surface area contributed by atoms with Crippen molar-refractivity contribution >= 4 is 11.8 Å². The molecule has 1 heterocycles. The first kappa shape index (κ1) is 11.6. The van der Waals surface area contributed by atoms with E-state index in [1.165, 1.54) is 6.08 Å². The van der Waals surface area contributed by atoms with Crippen molar-refractivity contribution in [2.75, 3.05) is 12.0 Å². The molecule has 1 aliphatic heterocycles. The third-order valence-corrected chi connectivity index (χ3v) is 2.47. The Morgan fingerprint density at radius 1 is 1.39 bits per heavy atom. The molecule has 0 spiro atoms. The average molecular weight is 238 g/mol. The van der Waals surface area contributed by atoms with Crippen LogP contribution in [0, 0.1) is 22.7 Å². The van der Waals surface area contributed by atoms with E-state index >= 15 is 0 Å². The van der Waals surface area contributed by atoms with E-state index in [4.69, 9.17) is 21.0 Å². The number of allylic oxidation sites excluding steroid dienone is 3. The minimum Gasteiger partial charge on any atom is -0.471 e. The molecule has 5 nitrogen and oxygen atoms in total. The second-order valence-corrected chi connectivity index (χ2v) is 3.61. The molecule has 0 bridgehead atoms. The molecule has 5 heteroatoms. The minimum atomic E-state index is -0.0900. The molecule has 18 heavy (non-hydrogen) atoms. The molecule has 1 aromatic carbocycles. The molecule has 1 aromatic rings. The molecule has 0 fully saturated rings. The third-order valence-electron chi connectivity index (χ3n) is 2.47. The first-order valence-electron chi connectivity index (χ1n) is 5.23. The van der Waals surface area contributed by atoms with Crippen molar-refractivity contribution in [2.45, 2.75) is 0 Å². The maximum Gasteiger partial charge on any atom is 0.159 e. The van der Waals surface area contributed by atoms with Gasteiger partial charge in [0.15, 0.2) is 6.73 Å². The molecule has 88 valence electrons. The molecule has 0 aromatic heterocycles. The number of rotatable bonds is 2. The van der Waals surface area contributed by atoms with Gasteiger partial charge in [-0.3, -0.25) is 0 Å².